The summed E-state index contributed by atoms with van der Waals surface area (Å²) < 4.78 is 36.5. The van der Waals surface area contributed by atoms with Crippen molar-refractivity contribution in [1.29, 1.82) is 0 Å². The summed E-state index contributed by atoms with van der Waals surface area (Å²) in [6.45, 7) is 1.51. The van der Waals surface area contributed by atoms with Crippen molar-refractivity contribution in [3.05, 3.63) is 0 Å². The Morgan fingerprint density at radius 1 is 1.47 bits per heavy atom. The molecule has 0 heterocycles. The second-order valence-corrected chi connectivity index (χ2v) is 3.93. The molecule has 0 aromatic heterocycles. The number of carbonyl (C=O) groups excluding carboxylic acids is 1. The van der Waals surface area contributed by atoms with Gasteiger partial charge in [0.25, 0.3) is 0 Å². The van der Waals surface area contributed by atoms with Gasteiger partial charge in [0.05, 0.1) is 19.7 Å². The third-order valence-electron chi connectivity index (χ3n) is 2.21. The Bertz CT molecular complexity index is 234. The quantitative estimate of drug-likeness (QED) is 0.707. The van der Waals surface area contributed by atoms with E-state index < -0.39 is 25.2 Å². The minimum absolute atomic E-state index is 0.0654. The van der Waals surface area contributed by atoms with Gasteiger partial charge in [0.15, 0.2) is 0 Å². The summed E-state index contributed by atoms with van der Waals surface area (Å²) in [7, 11) is 0. The number of nitrogens with zero attached hydrogens (tertiary/aromatic N) is 1. The number of alkyl halides is 3. The summed E-state index contributed by atoms with van der Waals surface area (Å²) in [6.07, 6.45) is -3.66. The Morgan fingerprint density at radius 3 is 2.47 bits per heavy atom. The van der Waals surface area contributed by atoms with Crippen LogP contribution in [0, 0.1) is 0 Å². The number of rotatable bonds is 7. The first-order valence-corrected chi connectivity index (χ1v) is 5.47. The number of halogens is 3. The predicted octanol–water partition coefficient (Wildman–Crippen LogP) is 0.758. The van der Waals surface area contributed by atoms with E-state index in [2.05, 4.69) is 5.32 Å². The van der Waals surface area contributed by atoms with Gasteiger partial charge in [0.1, 0.15) is 0 Å². The molecule has 0 rings (SSSR count). The molecule has 0 spiro atoms. The lowest BCUT2D eigenvalue weighted by atomic mass is 10.2. The van der Waals surface area contributed by atoms with Crippen LogP contribution in [0.3, 0.4) is 0 Å². The average Bonchev–Trinajstić information content (AvgIpc) is 2.14. The first kappa shape index (κ1) is 16.2. The molecular weight excluding hydrogens is 237 g/mol. The van der Waals surface area contributed by atoms with Crippen molar-refractivity contribution in [3.8, 4) is 0 Å². The third kappa shape index (κ3) is 8.93. The van der Waals surface area contributed by atoms with Crippen LogP contribution in [0.5, 0.6) is 0 Å². The number of amides is 1. The molecule has 0 aliphatic heterocycles. The Labute approximate surface area is 98.8 Å². The van der Waals surface area contributed by atoms with Gasteiger partial charge in [-0.05, 0) is 13.3 Å². The third-order valence-corrected chi connectivity index (χ3v) is 2.21. The zero-order valence-electron chi connectivity index (χ0n) is 10.0. The van der Waals surface area contributed by atoms with Crippen molar-refractivity contribution in [2.75, 3.05) is 26.2 Å². The van der Waals surface area contributed by atoms with Crippen LogP contribution in [0.1, 0.15) is 20.3 Å². The SMILES string of the molecule is CCC(C)NC(=O)CN(CCO)CC(F)(F)F. The highest BCUT2D eigenvalue weighted by Crippen LogP contribution is 2.15. The lowest BCUT2D eigenvalue weighted by Gasteiger charge is -2.23. The molecule has 1 unspecified atom stereocenters. The summed E-state index contributed by atoms with van der Waals surface area (Å²) in [5.74, 6) is -0.461. The van der Waals surface area contributed by atoms with E-state index in [4.69, 9.17) is 5.11 Å². The predicted molar refractivity (Wildman–Crippen MR) is 57.5 cm³/mol. The van der Waals surface area contributed by atoms with Crippen molar-refractivity contribution < 1.29 is 23.1 Å². The van der Waals surface area contributed by atoms with Crippen molar-refractivity contribution in [1.82, 2.24) is 10.2 Å². The topological polar surface area (TPSA) is 52.6 Å². The van der Waals surface area contributed by atoms with Gasteiger partial charge in [-0.1, -0.05) is 6.92 Å². The van der Waals surface area contributed by atoms with E-state index in [9.17, 15) is 18.0 Å². The second kappa shape index (κ2) is 7.50. The molecule has 0 aromatic rings. The summed E-state index contributed by atoms with van der Waals surface area (Å²) in [6, 6.07) is -0.0654. The van der Waals surface area contributed by atoms with E-state index in [1.165, 1.54) is 0 Å². The summed E-state index contributed by atoms with van der Waals surface area (Å²) in [5.41, 5.74) is 0. The van der Waals surface area contributed by atoms with Gasteiger partial charge in [-0.3, -0.25) is 9.69 Å². The van der Waals surface area contributed by atoms with Crippen molar-refractivity contribution in [2.45, 2.75) is 32.5 Å². The summed E-state index contributed by atoms with van der Waals surface area (Å²) in [4.78, 5) is 12.3. The first-order valence-electron chi connectivity index (χ1n) is 5.47. The average molecular weight is 256 g/mol. The van der Waals surface area contributed by atoms with Crippen molar-refractivity contribution in [3.63, 3.8) is 0 Å². The van der Waals surface area contributed by atoms with Gasteiger partial charge in [0.2, 0.25) is 5.91 Å². The number of hydrogen-bond donors (Lipinski definition) is 2. The van der Waals surface area contributed by atoms with Gasteiger partial charge in [-0.2, -0.15) is 13.2 Å². The lowest BCUT2D eigenvalue weighted by Crippen LogP contribution is -2.45. The van der Waals surface area contributed by atoms with Crippen LogP contribution < -0.4 is 5.32 Å². The van der Waals surface area contributed by atoms with E-state index in [1.807, 2.05) is 6.92 Å². The molecule has 7 heteroatoms. The Hall–Kier alpha value is -0.820. The smallest absolute Gasteiger partial charge is 0.395 e. The minimum atomic E-state index is -4.37. The molecule has 0 fully saturated rings. The van der Waals surface area contributed by atoms with Crippen LogP contribution in [0.15, 0.2) is 0 Å². The van der Waals surface area contributed by atoms with E-state index in [0.29, 0.717) is 6.42 Å². The van der Waals surface area contributed by atoms with Gasteiger partial charge in [-0.25, -0.2) is 0 Å². The summed E-state index contributed by atoms with van der Waals surface area (Å²) in [5, 5.41) is 11.2. The Balaban J connectivity index is 4.19. The normalized spacial score (nSPS) is 13.8. The molecule has 0 saturated heterocycles. The molecular formula is C10H19F3N2O2. The van der Waals surface area contributed by atoms with Gasteiger partial charge in [-0.15, -0.1) is 0 Å². The highest BCUT2D eigenvalue weighted by Gasteiger charge is 2.31. The van der Waals surface area contributed by atoms with E-state index in [0.717, 1.165) is 4.90 Å². The Morgan fingerprint density at radius 2 is 2.06 bits per heavy atom. The zero-order valence-corrected chi connectivity index (χ0v) is 10.0. The standard InChI is InChI=1S/C10H19F3N2O2/c1-3-8(2)14-9(17)6-15(4-5-16)7-10(11,12)13/h8,16H,3-7H2,1-2H3,(H,14,17). The molecule has 17 heavy (non-hydrogen) atoms. The molecule has 4 nitrogen and oxygen atoms in total. The molecule has 1 amide bonds. The number of carbonyl (C=O) groups is 1. The minimum Gasteiger partial charge on any atom is -0.395 e. The van der Waals surface area contributed by atoms with Crippen LogP contribution in [0.2, 0.25) is 0 Å². The molecule has 0 bridgehead atoms. The molecule has 0 saturated carbocycles. The maximum atomic E-state index is 12.2. The number of hydrogen-bond acceptors (Lipinski definition) is 3. The van der Waals surface area contributed by atoms with E-state index >= 15 is 0 Å². The van der Waals surface area contributed by atoms with Gasteiger partial charge >= 0.3 is 6.18 Å². The highest BCUT2D eigenvalue weighted by molar-refractivity contribution is 5.78. The van der Waals surface area contributed by atoms with Crippen LogP contribution in [0.25, 0.3) is 0 Å². The first-order chi connectivity index (χ1) is 7.78. The summed E-state index contributed by atoms with van der Waals surface area (Å²) >= 11 is 0. The highest BCUT2D eigenvalue weighted by atomic mass is 19.4. The van der Waals surface area contributed by atoms with Crippen molar-refractivity contribution in [2.24, 2.45) is 0 Å². The van der Waals surface area contributed by atoms with Gasteiger partial charge < -0.3 is 10.4 Å². The van der Waals surface area contributed by atoms with Crippen LogP contribution in [0.4, 0.5) is 13.2 Å². The maximum Gasteiger partial charge on any atom is 0.401 e. The zero-order chi connectivity index (χ0) is 13.5. The number of aliphatic hydroxyl groups excluding tert-OH is 1. The fourth-order valence-corrected chi connectivity index (χ4v) is 1.23. The Kier molecular flexibility index (Phi) is 7.13. The molecule has 0 radical (unpaired) electrons. The van der Waals surface area contributed by atoms with Crippen LogP contribution >= 0.6 is 0 Å². The van der Waals surface area contributed by atoms with E-state index in [-0.39, 0.29) is 19.1 Å². The number of nitrogens with one attached hydrogen (secondary N) is 1. The molecule has 0 aromatic carbocycles. The lowest BCUT2D eigenvalue weighted by molar-refractivity contribution is -0.149. The van der Waals surface area contributed by atoms with Gasteiger partial charge in [0, 0.05) is 12.6 Å². The molecule has 102 valence electrons. The second-order valence-electron chi connectivity index (χ2n) is 3.93. The molecule has 0 aliphatic carbocycles. The fraction of sp³-hybridized carbons (Fsp3) is 0.900. The molecule has 1 atom stereocenters. The maximum absolute atomic E-state index is 12.2. The largest absolute Gasteiger partial charge is 0.401 e. The monoisotopic (exact) mass is 256 g/mol. The molecule has 0 aliphatic rings. The van der Waals surface area contributed by atoms with Crippen LogP contribution in [-0.4, -0.2) is 54.4 Å². The number of aliphatic hydroxyl groups is 1. The molecule has 2 N–H and O–H groups in total. The van der Waals surface area contributed by atoms with E-state index in [1.54, 1.807) is 6.92 Å². The fourth-order valence-electron chi connectivity index (χ4n) is 1.23. The van der Waals surface area contributed by atoms with Crippen molar-refractivity contribution >= 4 is 5.91 Å². The van der Waals surface area contributed by atoms with Crippen LogP contribution in [-0.2, 0) is 4.79 Å².